The summed E-state index contributed by atoms with van der Waals surface area (Å²) in [6, 6.07) is 15.0. The molecule has 3 rings (SSSR count). The highest BCUT2D eigenvalue weighted by Gasteiger charge is 2.04. The third-order valence-electron chi connectivity index (χ3n) is 3.24. The second-order valence-corrected chi connectivity index (χ2v) is 4.54. The van der Waals surface area contributed by atoms with Gasteiger partial charge in [-0.05, 0) is 29.8 Å². The summed E-state index contributed by atoms with van der Waals surface area (Å²) < 4.78 is 6.74. The van der Waals surface area contributed by atoms with Crippen LogP contribution in [-0.4, -0.2) is 16.7 Å². The average molecular weight is 266 g/mol. The summed E-state index contributed by atoms with van der Waals surface area (Å²) in [5.74, 6) is 0.803. The molecule has 1 heterocycles. The van der Waals surface area contributed by atoms with E-state index in [9.17, 15) is 4.79 Å². The molecule has 0 unspecified atom stereocenters. The summed E-state index contributed by atoms with van der Waals surface area (Å²) in [5, 5.41) is 0.642. The van der Waals surface area contributed by atoms with E-state index in [2.05, 4.69) is 4.98 Å². The van der Waals surface area contributed by atoms with E-state index in [1.165, 1.54) is 0 Å². The van der Waals surface area contributed by atoms with Crippen LogP contribution in [0.15, 0.2) is 59.7 Å². The van der Waals surface area contributed by atoms with Crippen molar-refractivity contribution in [1.29, 1.82) is 0 Å². The van der Waals surface area contributed by atoms with Crippen LogP contribution in [0.1, 0.15) is 5.56 Å². The van der Waals surface area contributed by atoms with Crippen LogP contribution in [-0.2, 0) is 6.54 Å². The van der Waals surface area contributed by atoms with Gasteiger partial charge in [0.2, 0.25) is 0 Å². The molecule has 0 fully saturated rings. The van der Waals surface area contributed by atoms with Gasteiger partial charge in [0.15, 0.2) is 0 Å². The normalized spacial score (nSPS) is 10.7. The fraction of sp³-hybridized carbons (Fsp3) is 0.125. The number of nitrogens with zero attached hydrogens (tertiary/aromatic N) is 2. The minimum atomic E-state index is -0.0218. The van der Waals surface area contributed by atoms with Crippen molar-refractivity contribution in [1.82, 2.24) is 9.55 Å². The fourth-order valence-corrected chi connectivity index (χ4v) is 2.15. The molecule has 4 heteroatoms. The number of benzene rings is 2. The third-order valence-corrected chi connectivity index (χ3v) is 3.24. The molecule has 0 N–H and O–H groups in total. The summed E-state index contributed by atoms with van der Waals surface area (Å²) in [6.45, 7) is 0.501. The molecule has 0 spiro atoms. The quantitative estimate of drug-likeness (QED) is 0.731. The van der Waals surface area contributed by atoms with Gasteiger partial charge >= 0.3 is 0 Å². The van der Waals surface area contributed by atoms with Crippen molar-refractivity contribution >= 4 is 10.9 Å². The molecule has 2 aromatic carbocycles. The number of rotatable bonds is 3. The zero-order valence-electron chi connectivity index (χ0n) is 11.1. The van der Waals surface area contributed by atoms with Gasteiger partial charge in [-0.25, -0.2) is 4.98 Å². The summed E-state index contributed by atoms with van der Waals surface area (Å²) in [7, 11) is 1.63. The van der Waals surface area contributed by atoms with E-state index in [1.807, 2.05) is 42.5 Å². The highest BCUT2D eigenvalue weighted by Crippen LogP contribution is 2.12. The lowest BCUT2D eigenvalue weighted by Gasteiger charge is -2.07. The van der Waals surface area contributed by atoms with Crippen molar-refractivity contribution in [3.63, 3.8) is 0 Å². The molecule has 3 aromatic rings. The van der Waals surface area contributed by atoms with E-state index in [0.29, 0.717) is 11.9 Å². The van der Waals surface area contributed by atoms with Gasteiger partial charge < -0.3 is 4.74 Å². The van der Waals surface area contributed by atoms with Crippen molar-refractivity contribution < 1.29 is 4.74 Å². The maximum atomic E-state index is 12.4. The minimum Gasteiger partial charge on any atom is -0.497 e. The standard InChI is InChI=1S/C16H14N2O2/c1-20-13-8-6-12(7-9-13)10-18-11-17-15-5-3-2-4-14(15)16(18)19/h2-9,11H,10H2,1H3. The van der Waals surface area contributed by atoms with E-state index in [4.69, 9.17) is 4.74 Å². The number of hydrogen-bond acceptors (Lipinski definition) is 3. The lowest BCUT2D eigenvalue weighted by molar-refractivity contribution is 0.414. The van der Waals surface area contributed by atoms with Crippen LogP contribution in [0.3, 0.4) is 0 Å². The monoisotopic (exact) mass is 266 g/mol. The Morgan fingerprint density at radius 2 is 1.85 bits per heavy atom. The number of methoxy groups -OCH3 is 1. The fourth-order valence-electron chi connectivity index (χ4n) is 2.15. The molecule has 100 valence electrons. The maximum absolute atomic E-state index is 12.4. The van der Waals surface area contributed by atoms with Crippen molar-refractivity contribution in [2.75, 3.05) is 7.11 Å². The first-order chi connectivity index (χ1) is 9.78. The molecule has 0 amide bonds. The molecule has 1 aromatic heterocycles. The number of para-hydroxylation sites is 1. The van der Waals surface area contributed by atoms with Gasteiger partial charge in [-0.2, -0.15) is 0 Å². The largest absolute Gasteiger partial charge is 0.497 e. The second kappa shape index (κ2) is 5.17. The Labute approximate surface area is 116 Å². The van der Waals surface area contributed by atoms with Crippen molar-refractivity contribution in [2.24, 2.45) is 0 Å². The van der Waals surface area contributed by atoms with Gasteiger partial charge in [-0.15, -0.1) is 0 Å². The van der Waals surface area contributed by atoms with Crippen molar-refractivity contribution in [3.8, 4) is 5.75 Å². The van der Waals surface area contributed by atoms with Gasteiger partial charge in [-0.1, -0.05) is 24.3 Å². The van der Waals surface area contributed by atoms with Crippen LogP contribution in [0, 0.1) is 0 Å². The van der Waals surface area contributed by atoms with E-state index in [1.54, 1.807) is 24.1 Å². The summed E-state index contributed by atoms with van der Waals surface area (Å²) >= 11 is 0. The van der Waals surface area contributed by atoms with Crippen LogP contribution in [0.5, 0.6) is 5.75 Å². The second-order valence-electron chi connectivity index (χ2n) is 4.54. The Hall–Kier alpha value is -2.62. The first-order valence-electron chi connectivity index (χ1n) is 6.35. The third kappa shape index (κ3) is 2.28. The van der Waals surface area contributed by atoms with Crippen LogP contribution >= 0.6 is 0 Å². The summed E-state index contributed by atoms with van der Waals surface area (Å²) in [4.78, 5) is 16.7. The van der Waals surface area contributed by atoms with Crippen LogP contribution < -0.4 is 10.3 Å². The molecule has 0 saturated carbocycles. The average Bonchev–Trinajstić information content (AvgIpc) is 2.51. The van der Waals surface area contributed by atoms with E-state index in [0.717, 1.165) is 16.8 Å². The maximum Gasteiger partial charge on any atom is 0.261 e. The summed E-state index contributed by atoms with van der Waals surface area (Å²) in [6.07, 6.45) is 1.59. The van der Waals surface area contributed by atoms with Crippen LogP contribution in [0.25, 0.3) is 10.9 Å². The number of hydrogen-bond donors (Lipinski definition) is 0. The first-order valence-corrected chi connectivity index (χ1v) is 6.35. The lowest BCUT2D eigenvalue weighted by atomic mass is 10.2. The number of aromatic nitrogens is 2. The number of ether oxygens (including phenoxy) is 1. The molecular weight excluding hydrogens is 252 g/mol. The highest BCUT2D eigenvalue weighted by molar-refractivity contribution is 5.76. The molecule has 20 heavy (non-hydrogen) atoms. The Morgan fingerprint density at radius 1 is 1.10 bits per heavy atom. The van der Waals surface area contributed by atoms with Gasteiger partial charge in [-0.3, -0.25) is 9.36 Å². The van der Waals surface area contributed by atoms with Gasteiger partial charge in [0.05, 0.1) is 30.9 Å². The number of fused-ring (bicyclic) bond motifs is 1. The smallest absolute Gasteiger partial charge is 0.261 e. The predicted octanol–water partition coefficient (Wildman–Crippen LogP) is 2.45. The Kier molecular flexibility index (Phi) is 3.21. The van der Waals surface area contributed by atoms with E-state index >= 15 is 0 Å². The van der Waals surface area contributed by atoms with Gasteiger partial charge in [0.25, 0.3) is 5.56 Å². The Morgan fingerprint density at radius 3 is 2.60 bits per heavy atom. The van der Waals surface area contributed by atoms with Crippen molar-refractivity contribution in [2.45, 2.75) is 6.54 Å². The Bertz CT molecular complexity index is 791. The van der Waals surface area contributed by atoms with E-state index in [-0.39, 0.29) is 5.56 Å². The van der Waals surface area contributed by atoms with Crippen LogP contribution in [0.4, 0.5) is 0 Å². The zero-order chi connectivity index (χ0) is 13.9. The predicted molar refractivity (Wildman–Crippen MR) is 78.1 cm³/mol. The Balaban J connectivity index is 1.98. The zero-order valence-corrected chi connectivity index (χ0v) is 11.1. The molecule has 0 aliphatic carbocycles. The molecule has 0 bridgehead atoms. The van der Waals surface area contributed by atoms with Gasteiger partial charge in [0.1, 0.15) is 5.75 Å². The topological polar surface area (TPSA) is 44.1 Å². The van der Waals surface area contributed by atoms with Crippen LogP contribution in [0.2, 0.25) is 0 Å². The SMILES string of the molecule is COc1ccc(Cn2cnc3ccccc3c2=O)cc1. The highest BCUT2D eigenvalue weighted by atomic mass is 16.5. The molecule has 4 nitrogen and oxygen atoms in total. The molecule has 0 radical (unpaired) electrons. The molecule has 0 saturated heterocycles. The lowest BCUT2D eigenvalue weighted by Crippen LogP contribution is -2.21. The molecule has 0 aliphatic rings. The van der Waals surface area contributed by atoms with E-state index < -0.39 is 0 Å². The molecule has 0 atom stereocenters. The summed E-state index contributed by atoms with van der Waals surface area (Å²) in [5.41, 5.74) is 1.74. The minimum absolute atomic E-state index is 0.0218. The molecular formula is C16H14N2O2. The first kappa shape index (κ1) is 12.4. The molecule has 0 aliphatic heterocycles. The van der Waals surface area contributed by atoms with Gasteiger partial charge in [0, 0.05) is 0 Å². The van der Waals surface area contributed by atoms with Crippen molar-refractivity contribution in [3.05, 3.63) is 70.8 Å².